The summed E-state index contributed by atoms with van der Waals surface area (Å²) in [5.41, 5.74) is 1.05. The van der Waals surface area contributed by atoms with Gasteiger partial charge in [-0.05, 0) is 46.8 Å². The molecule has 0 aliphatic heterocycles. The third-order valence-electron chi connectivity index (χ3n) is 2.57. The van der Waals surface area contributed by atoms with Gasteiger partial charge >= 0.3 is 0 Å². The highest BCUT2D eigenvalue weighted by molar-refractivity contribution is 9.10. The van der Waals surface area contributed by atoms with Gasteiger partial charge in [-0.3, -0.25) is 4.98 Å². The first-order valence-corrected chi connectivity index (χ1v) is 6.44. The van der Waals surface area contributed by atoms with Gasteiger partial charge in [0.2, 0.25) is 0 Å². The molecule has 1 aromatic rings. The molecule has 1 saturated carbocycles. The van der Waals surface area contributed by atoms with Crippen molar-refractivity contribution in [3.63, 3.8) is 0 Å². The monoisotopic (exact) mass is 288 g/mol. The first kappa shape index (κ1) is 11.4. The lowest BCUT2D eigenvalue weighted by molar-refractivity contribution is 0.613. The second kappa shape index (κ2) is 5.28. The maximum atomic E-state index is 6.18. The fourth-order valence-corrected chi connectivity index (χ4v) is 2.07. The molecule has 1 fully saturated rings. The van der Waals surface area contributed by atoms with Crippen molar-refractivity contribution in [2.24, 2.45) is 5.92 Å². The standard InChI is InChI=1S/C11H14BrClN2/c12-9-3-4-10(15-5-9)6-14-7-11(13)8-1-2-8/h3-5,8,11,14H,1-2,6-7H2. The van der Waals surface area contributed by atoms with E-state index in [2.05, 4.69) is 26.2 Å². The van der Waals surface area contributed by atoms with Gasteiger partial charge in [-0.25, -0.2) is 0 Å². The van der Waals surface area contributed by atoms with Gasteiger partial charge in [0.15, 0.2) is 0 Å². The Morgan fingerprint density at radius 1 is 1.53 bits per heavy atom. The van der Waals surface area contributed by atoms with Crippen LogP contribution in [0, 0.1) is 5.92 Å². The Bertz CT molecular complexity index is 311. The first-order chi connectivity index (χ1) is 7.25. The van der Waals surface area contributed by atoms with Crippen LogP contribution in [0.1, 0.15) is 18.5 Å². The zero-order chi connectivity index (χ0) is 10.7. The van der Waals surface area contributed by atoms with Gasteiger partial charge in [-0.1, -0.05) is 0 Å². The Labute approximate surface area is 104 Å². The van der Waals surface area contributed by atoms with Crippen molar-refractivity contribution in [2.45, 2.75) is 24.8 Å². The van der Waals surface area contributed by atoms with E-state index in [1.54, 1.807) is 0 Å². The molecule has 2 nitrogen and oxygen atoms in total. The summed E-state index contributed by atoms with van der Waals surface area (Å²) < 4.78 is 1.01. The molecule has 2 rings (SSSR count). The number of nitrogens with one attached hydrogen (secondary N) is 1. The second-order valence-electron chi connectivity index (χ2n) is 3.95. The summed E-state index contributed by atoms with van der Waals surface area (Å²) >= 11 is 9.54. The zero-order valence-electron chi connectivity index (χ0n) is 8.42. The first-order valence-electron chi connectivity index (χ1n) is 5.21. The maximum absolute atomic E-state index is 6.18. The highest BCUT2D eigenvalue weighted by Crippen LogP contribution is 2.35. The van der Waals surface area contributed by atoms with Crippen molar-refractivity contribution in [3.8, 4) is 0 Å². The molecule has 0 spiro atoms. The van der Waals surface area contributed by atoms with E-state index in [4.69, 9.17) is 11.6 Å². The van der Waals surface area contributed by atoms with Gasteiger partial charge in [-0.2, -0.15) is 0 Å². The fraction of sp³-hybridized carbons (Fsp3) is 0.545. The molecule has 0 aromatic carbocycles. The Kier molecular flexibility index (Phi) is 4.00. The number of halogens is 2. The van der Waals surface area contributed by atoms with Gasteiger partial charge < -0.3 is 5.32 Å². The van der Waals surface area contributed by atoms with Crippen LogP contribution < -0.4 is 5.32 Å². The lowest BCUT2D eigenvalue weighted by Crippen LogP contribution is -2.24. The average Bonchev–Trinajstić information content (AvgIpc) is 3.04. The topological polar surface area (TPSA) is 24.9 Å². The van der Waals surface area contributed by atoms with Crippen molar-refractivity contribution in [3.05, 3.63) is 28.5 Å². The van der Waals surface area contributed by atoms with Crippen LogP contribution in [0.3, 0.4) is 0 Å². The van der Waals surface area contributed by atoms with E-state index >= 15 is 0 Å². The Morgan fingerprint density at radius 3 is 2.93 bits per heavy atom. The predicted molar refractivity (Wildman–Crippen MR) is 66.0 cm³/mol. The molecule has 0 saturated heterocycles. The molecule has 0 amide bonds. The Morgan fingerprint density at radius 2 is 2.33 bits per heavy atom. The highest BCUT2D eigenvalue weighted by atomic mass is 79.9. The van der Waals surface area contributed by atoms with Crippen molar-refractivity contribution in [1.29, 1.82) is 0 Å². The van der Waals surface area contributed by atoms with Crippen LogP contribution in [-0.2, 0) is 6.54 Å². The van der Waals surface area contributed by atoms with E-state index in [1.165, 1.54) is 12.8 Å². The van der Waals surface area contributed by atoms with Crippen LogP contribution in [0.2, 0.25) is 0 Å². The molecular weight excluding hydrogens is 275 g/mol. The largest absolute Gasteiger partial charge is 0.310 e. The van der Waals surface area contributed by atoms with Crippen molar-refractivity contribution in [1.82, 2.24) is 10.3 Å². The minimum Gasteiger partial charge on any atom is -0.310 e. The third kappa shape index (κ3) is 3.74. The number of hydrogen-bond acceptors (Lipinski definition) is 2. The minimum atomic E-state index is 0.292. The van der Waals surface area contributed by atoms with Crippen LogP contribution in [0.15, 0.2) is 22.8 Å². The lowest BCUT2D eigenvalue weighted by Gasteiger charge is -2.08. The molecule has 15 heavy (non-hydrogen) atoms. The summed E-state index contributed by atoms with van der Waals surface area (Å²) in [6, 6.07) is 4.01. The number of rotatable bonds is 5. The van der Waals surface area contributed by atoms with E-state index in [1.807, 2.05) is 18.3 Å². The van der Waals surface area contributed by atoms with Crippen LogP contribution in [0.5, 0.6) is 0 Å². The van der Waals surface area contributed by atoms with Crippen molar-refractivity contribution < 1.29 is 0 Å². The van der Waals surface area contributed by atoms with Gasteiger partial charge in [0.25, 0.3) is 0 Å². The van der Waals surface area contributed by atoms with Crippen molar-refractivity contribution >= 4 is 27.5 Å². The summed E-state index contributed by atoms with van der Waals surface area (Å²) in [4.78, 5) is 4.28. The van der Waals surface area contributed by atoms with E-state index in [9.17, 15) is 0 Å². The van der Waals surface area contributed by atoms with Gasteiger partial charge in [0.1, 0.15) is 0 Å². The number of hydrogen-bond donors (Lipinski definition) is 1. The molecule has 1 atom stereocenters. The van der Waals surface area contributed by atoms with Crippen LogP contribution in [0.4, 0.5) is 0 Å². The van der Waals surface area contributed by atoms with E-state index < -0.39 is 0 Å². The SMILES string of the molecule is ClC(CNCc1ccc(Br)cn1)C1CC1. The third-order valence-corrected chi connectivity index (χ3v) is 3.55. The molecule has 0 radical (unpaired) electrons. The molecular formula is C11H14BrClN2. The van der Waals surface area contributed by atoms with E-state index in [0.717, 1.165) is 29.2 Å². The molecule has 82 valence electrons. The molecule has 1 N–H and O–H groups in total. The van der Waals surface area contributed by atoms with Crippen LogP contribution >= 0.6 is 27.5 Å². The Balaban J connectivity index is 1.70. The number of alkyl halides is 1. The molecule has 1 aliphatic rings. The molecule has 1 aliphatic carbocycles. The summed E-state index contributed by atoms with van der Waals surface area (Å²) in [5.74, 6) is 0.747. The van der Waals surface area contributed by atoms with Crippen LogP contribution in [0.25, 0.3) is 0 Å². The number of aromatic nitrogens is 1. The van der Waals surface area contributed by atoms with Gasteiger partial charge in [-0.15, -0.1) is 11.6 Å². The Hall–Kier alpha value is -0.120. The smallest absolute Gasteiger partial charge is 0.0542 e. The van der Waals surface area contributed by atoms with Gasteiger partial charge in [0, 0.05) is 29.1 Å². The summed E-state index contributed by atoms with van der Waals surface area (Å²) in [6.45, 7) is 1.67. The highest BCUT2D eigenvalue weighted by Gasteiger charge is 2.29. The van der Waals surface area contributed by atoms with Crippen molar-refractivity contribution in [2.75, 3.05) is 6.54 Å². The summed E-state index contributed by atoms with van der Waals surface area (Å²) in [5, 5.41) is 3.62. The van der Waals surface area contributed by atoms with Crippen LogP contribution in [-0.4, -0.2) is 16.9 Å². The van der Waals surface area contributed by atoms with Gasteiger partial charge in [0.05, 0.1) is 5.69 Å². The summed E-state index contributed by atoms with van der Waals surface area (Å²) in [7, 11) is 0. The minimum absolute atomic E-state index is 0.292. The number of nitrogens with zero attached hydrogens (tertiary/aromatic N) is 1. The molecule has 1 unspecified atom stereocenters. The summed E-state index contributed by atoms with van der Waals surface area (Å²) in [6.07, 6.45) is 4.41. The number of pyridine rings is 1. The lowest BCUT2D eigenvalue weighted by atomic mass is 10.3. The average molecular weight is 290 g/mol. The molecule has 1 aromatic heterocycles. The van der Waals surface area contributed by atoms with E-state index in [-0.39, 0.29) is 0 Å². The normalized spacial score (nSPS) is 17.7. The predicted octanol–water partition coefficient (Wildman–Crippen LogP) is 2.95. The second-order valence-corrected chi connectivity index (χ2v) is 5.43. The molecule has 1 heterocycles. The molecule has 4 heteroatoms. The van der Waals surface area contributed by atoms with E-state index in [0.29, 0.717) is 5.38 Å². The zero-order valence-corrected chi connectivity index (χ0v) is 10.8. The maximum Gasteiger partial charge on any atom is 0.0542 e. The quantitative estimate of drug-likeness (QED) is 0.843. The fourth-order valence-electron chi connectivity index (χ4n) is 1.47. The molecule has 0 bridgehead atoms.